The highest BCUT2D eigenvalue weighted by Crippen LogP contribution is 2.32. The summed E-state index contributed by atoms with van der Waals surface area (Å²) < 4.78 is 24.4. The number of ether oxygens (including phenoxy) is 2. The van der Waals surface area contributed by atoms with Crippen LogP contribution in [0.15, 0.2) is 40.9 Å². The fraction of sp³-hybridized carbons (Fsp3) is 0.143. The SMILES string of the molecule is Fc1cc(NCc2ccc3c(c2)OCO3)ccc1Br. The molecule has 0 amide bonds. The summed E-state index contributed by atoms with van der Waals surface area (Å²) in [6, 6.07) is 10.7. The molecule has 19 heavy (non-hydrogen) atoms. The van der Waals surface area contributed by atoms with Gasteiger partial charge in [-0.2, -0.15) is 0 Å². The second-order valence-electron chi connectivity index (χ2n) is 4.17. The van der Waals surface area contributed by atoms with Gasteiger partial charge in [-0.15, -0.1) is 0 Å². The van der Waals surface area contributed by atoms with Crippen molar-refractivity contribution < 1.29 is 13.9 Å². The average molecular weight is 324 g/mol. The van der Waals surface area contributed by atoms with Crippen LogP contribution in [0.5, 0.6) is 11.5 Å². The Hall–Kier alpha value is -1.75. The molecule has 1 aliphatic heterocycles. The normalized spacial score (nSPS) is 12.5. The Balaban J connectivity index is 1.70. The van der Waals surface area contributed by atoms with Crippen LogP contribution >= 0.6 is 15.9 Å². The number of nitrogens with one attached hydrogen (secondary N) is 1. The monoisotopic (exact) mass is 323 g/mol. The van der Waals surface area contributed by atoms with E-state index in [0.29, 0.717) is 11.0 Å². The van der Waals surface area contributed by atoms with Crippen molar-refractivity contribution in [1.82, 2.24) is 0 Å². The van der Waals surface area contributed by atoms with Gasteiger partial charge in [-0.25, -0.2) is 4.39 Å². The lowest BCUT2D eigenvalue weighted by Crippen LogP contribution is -1.99. The molecule has 0 radical (unpaired) electrons. The predicted octanol–water partition coefficient (Wildman–Crippen LogP) is 3.93. The minimum atomic E-state index is -0.282. The fourth-order valence-electron chi connectivity index (χ4n) is 1.86. The number of halogens is 2. The summed E-state index contributed by atoms with van der Waals surface area (Å²) in [6.07, 6.45) is 0. The Morgan fingerprint density at radius 3 is 2.79 bits per heavy atom. The summed E-state index contributed by atoms with van der Waals surface area (Å²) in [5.41, 5.74) is 1.78. The standard InChI is InChI=1S/C14H11BrFNO2/c15-11-3-2-10(6-12(11)16)17-7-9-1-4-13-14(5-9)19-8-18-13/h1-6,17H,7-8H2. The first kappa shape index (κ1) is 12.3. The van der Waals surface area contributed by atoms with Gasteiger partial charge in [-0.05, 0) is 51.8 Å². The third-order valence-electron chi connectivity index (χ3n) is 2.85. The molecule has 0 saturated heterocycles. The van der Waals surface area contributed by atoms with E-state index in [4.69, 9.17) is 9.47 Å². The zero-order valence-corrected chi connectivity index (χ0v) is 11.5. The number of benzene rings is 2. The molecule has 0 aliphatic carbocycles. The van der Waals surface area contributed by atoms with Crippen LogP contribution in [0.4, 0.5) is 10.1 Å². The molecule has 3 rings (SSSR count). The minimum Gasteiger partial charge on any atom is -0.454 e. The van der Waals surface area contributed by atoms with E-state index in [1.54, 1.807) is 6.07 Å². The van der Waals surface area contributed by atoms with E-state index in [9.17, 15) is 4.39 Å². The molecule has 0 bridgehead atoms. The van der Waals surface area contributed by atoms with Gasteiger partial charge in [0.05, 0.1) is 4.47 Å². The van der Waals surface area contributed by atoms with Gasteiger partial charge in [0, 0.05) is 12.2 Å². The van der Waals surface area contributed by atoms with Gasteiger partial charge in [0.15, 0.2) is 11.5 Å². The van der Waals surface area contributed by atoms with Gasteiger partial charge in [-0.1, -0.05) is 6.07 Å². The molecule has 1 aliphatic rings. The first-order valence-electron chi connectivity index (χ1n) is 5.80. The molecule has 5 heteroatoms. The summed E-state index contributed by atoms with van der Waals surface area (Å²) in [4.78, 5) is 0. The highest BCUT2D eigenvalue weighted by atomic mass is 79.9. The first-order chi connectivity index (χ1) is 9.22. The fourth-order valence-corrected chi connectivity index (χ4v) is 2.11. The second kappa shape index (κ2) is 5.09. The lowest BCUT2D eigenvalue weighted by atomic mass is 10.2. The van der Waals surface area contributed by atoms with Crippen molar-refractivity contribution in [2.75, 3.05) is 12.1 Å². The molecule has 0 unspecified atom stereocenters. The minimum absolute atomic E-state index is 0.268. The molecule has 0 spiro atoms. The van der Waals surface area contributed by atoms with E-state index in [1.807, 2.05) is 24.3 Å². The van der Waals surface area contributed by atoms with Crippen LogP contribution in [0.25, 0.3) is 0 Å². The van der Waals surface area contributed by atoms with Gasteiger partial charge in [0.2, 0.25) is 6.79 Å². The highest BCUT2D eigenvalue weighted by Gasteiger charge is 2.12. The van der Waals surface area contributed by atoms with Crippen LogP contribution in [0.3, 0.4) is 0 Å². The van der Waals surface area contributed by atoms with Crippen LogP contribution in [0.2, 0.25) is 0 Å². The van der Waals surface area contributed by atoms with Crippen LogP contribution < -0.4 is 14.8 Å². The molecule has 3 nitrogen and oxygen atoms in total. The van der Waals surface area contributed by atoms with Gasteiger partial charge < -0.3 is 14.8 Å². The van der Waals surface area contributed by atoms with E-state index < -0.39 is 0 Å². The lowest BCUT2D eigenvalue weighted by molar-refractivity contribution is 0.174. The largest absolute Gasteiger partial charge is 0.454 e. The summed E-state index contributed by atoms with van der Waals surface area (Å²) in [6.45, 7) is 0.863. The summed E-state index contributed by atoms with van der Waals surface area (Å²) in [5.74, 6) is 1.23. The van der Waals surface area contributed by atoms with Crippen LogP contribution in [-0.4, -0.2) is 6.79 Å². The zero-order valence-electron chi connectivity index (χ0n) is 9.95. The summed E-state index contributed by atoms with van der Waals surface area (Å²) >= 11 is 3.13. The molecular weight excluding hydrogens is 313 g/mol. The van der Waals surface area contributed by atoms with E-state index in [-0.39, 0.29) is 12.6 Å². The van der Waals surface area contributed by atoms with E-state index in [2.05, 4.69) is 21.2 Å². The quantitative estimate of drug-likeness (QED) is 0.928. The van der Waals surface area contributed by atoms with Crippen molar-refractivity contribution in [2.24, 2.45) is 0 Å². The average Bonchev–Trinajstić information content (AvgIpc) is 2.87. The summed E-state index contributed by atoms with van der Waals surface area (Å²) in [7, 11) is 0. The number of hydrogen-bond donors (Lipinski definition) is 1. The van der Waals surface area contributed by atoms with Crippen molar-refractivity contribution in [3.63, 3.8) is 0 Å². The maximum absolute atomic E-state index is 13.4. The van der Waals surface area contributed by atoms with Crippen molar-refractivity contribution in [3.8, 4) is 11.5 Å². The zero-order chi connectivity index (χ0) is 13.2. The van der Waals surface area contributed by atoms with Gasteiger partial charge in [0.25, 0.3) is 0 Å². The molecule has 0 aromatic heterocycles. The van der Waals surface area contributed by atoms with Crippen LogP contribution in [0.1, 0.15) is 5.56 Å². The Morgan fingerprint density at radius 2 is 1.95 bits per heavy atom. The third-order valence-corrected chi connectivity index (χ3v) is 3.50. The molecule has 0 fully saturated rings. The second-order valence-corrected chi connectivity index (χ2v) is 5.02. The van der Waals surface area contributed by atoms with Crippen molar-refractivity contribution in [3.05, 3.63) is 52.3 Å². The van der Waals surface area contributed by atoms with Gasteiger partial charge in [0.1, 0.15) is 5.82 Å². The number of hydrogen-bond acceptors (Lipinski definition) is 3. The highest BCUT2D eigenvalue weighted by molar-refractivity contribution is 9.10. The third kappa shape index (κ3) is 2.66. The van der Waals surface area contributed by atoms with Crippen LogP contribution in [-0.2, 0) is 6.54 Å². The maximum Gasteiger partial charge on any atom is 0.231 e. The Bertz CT molecular complexity index is 618. The Labute approximate surface area is 118 Å². The van der Waals surface area contributed by atoms with Crippen LogP contribution in [0, 0.1) is 5.82 Å². The number of rotatable bonds is 3. The molecule has 0 saturated carbocycles. The van der Waals surface area contributed by atoms with E-state index in [0.717, 1.165) is 22.7 Å². The first-order valence-corrected chi connectivity index (χ1v) is 6.59. The van der Waals surface area contributed by atoms with Gasteiger partial charge >= 0.3 is 0 Å². The molecule has 1 heterocycles. The smallest absolute Gasteiger partial charge is 0.231 e. The number of anilines is 1. The topological polar surface area (TPSA) is 30.5 Å². The van der Waals surface area contributed by atoms with Crippen molar-refractivity contribution >= 4 is 21.6 Å². The van der Waals surface area contributed by atoms with E-state index in [1.165, 1.54) is 6.07 Å². The molecule has 1 N–H and O–H groups in total. The van der Waals surface area contributed by atoms with E-state index >= 15 is 0 Å². The van der Waals surface area contributed by atoms with Crippen molar-refractivity contribution in [2.45, 2.75) is 6.54 Å². The Morgan fingerprint density at radius 1 is 1.11 bits per heavy atom. The Kier molecular flexibility index (Phi) is 3.29. The molecule has 0 atom stereocenters. The van der Waals surface area contributed by atoms with Gasteiger partial charge in [-0.3, -0.25) is 0 Å². The molecule has 2 aromatic carbocycles. The van der Waals surface area contributed by atoms with Crippen molar-refractivity contribution in [1.29, 1.82) is 0 Å². The molecule has 98 valence electrons. The maximum atomic E-state index is 13.4. The molecular formula is C14H11BrFNO2. The predicted molar refractivity (Wildman–Crippen MR) is 74.0 cm³/mol. The molecule has 2 aromatic rings. The number of fused-ring (bicyclic) bond motifs is 1. The summed E-state index contributed by atoms with van der Waals surface area (Å²) in [5, 5.41) is 3.16. The lowest BCUT2D eigenvalue weighted by Gasteiger charge is -2.08.